The van der Waals surface area contributed by atoms with Gasteiger partial charge in [-0.15, -0.1) is 10.2 Å². The van der Waals surface area contributed by atoms with Gasteiger partial charge in [0.2, 0.25) is 0 Å². The van der Waals surface area contributed by atoms with Gasteiger partial charge in [0.25, 0.3) is 0 Å². The third-order valence-electron chi connectivity index (χ3n) is 5.82. The number of anilines is 1. The van der Waals surface area contributed by atoms with Crippen LogP contribution >= 0.6 is 0 Å². The predicted octanol–water partition coefficient (Wildman–Crippen LogP) is 4.28. The van der Waals surface area contributed by atoms with Crippen LogP contribution in [0.5, 0.6) is 5.75 Å². The number of methoxy groups -OCH3 is 1. The molecule has 8 nitrogen and oxygen atoms in total. The predicted molar refractivity (Wildman–Crippen MR) is 131 cm³/mol. The molecule has 0 aliphatic carbocycles. The first-order valence-electron chi connectivity index (χ1n) is 10.9. The number of benzene rings is 3. The molecule has 2 heterocycles. The van der Waals surface area contributed by atoms with Crippen LogP contribution in [0.1, 0.15) is 28.9 Å². The second-order valence-corrected chi connectivity index (χ2v) is 7.91. The van der Waals surface area contributed by atoms with Gasteiger partial charge in [-0.05, 0) is 37.3 Å². The van der Waals surface area contributed by atoms with Crippen LogP contribution in [-0.2, 0) is 0 Å². The summed E-state index contributed by atoms with van der Waals surface area (Å²) < 4.78 is 7.17. The number of aryl methyl sites for hydroxylation is 1. The molecule has 5 rings (SSSR count). The van der Waals surface area contributed by atoms with Crippen molar-refractivity contribution in [2.24, 2.45) is 4.99 Å². The molecular formula is C26H24N6O2. The number of aliphatic imine (C=N–C) groups is 1. The smallest absolute Gasteiger partial charge is 0.323 e. The number of amides is 2. The largest absolute Gasteiger partial charge is 0.497 e. The summed E-state index contributed by atoms with van der Waals surface area (Å²) >= 11 is 0. The molecule has 0 radical (unpaired) electrons. The zero-order valence-corrected chi connectivity index (χ0v) is 19.1. The van der Waals surface area contributed by atoms with E-state index in [1.165, 1.54) is 4.90 Å². The summed E-state index contributed by atoms with van der Waals surface area (Å²) in [6.45, 7) is 1.89. The third-order valence-corrected chi connectivity index (χ3v) is 5.82. The van der Waals surface area contributed by atoms with Gasteiger partial charge in [-0.1, -0.05) is 48.5 Å². The maximum atomic E-state index is 13.3. The normalized spacial score (nSPS) is 14.3. The molecule has 0 bridgehead atoms. The van der Waals surface area contributed by atoms with Crippen LogP contribution in [-0.4, -0.2) is 40.7 Å². The molecule has 1 aliphatic rings. The number of para-hydroxylation sites is 1. The first kappa shape index (κ1) is 21.4. The number of fused-ring (bicyclic) bond motifs is 3. The van der Waals surface area contributed by atoms with Gasteiger partial charge in [0.05, 0.1) is 18.5 Å². The molecule has 1 aromatic heterocycles. The fourth-order valence-corrected chi connectivity index (χ4v) is 4.04. The highest BCUT2D eigenvalue weighted by atomic mass is 16.5. The van der Waals surface area contributed by atoms with E-state index in [-0.39, 0.29) is 6.03 Å². The average molecular weight is 453 g/mol. The van der Waals surface area contributed by atoms with E-state index in [9.17, 15) is 4.79 Å². The molecule has 1 aliphatic heterocycles. The Morgan fingerprint density at radius 1 is 0.971 bits per heavy atom. The highest BCUT2D eigenvalue weighted by Gasteiger charge is 2.29. The molecular weight excluding hydrogens is 428 g/mol. The van der Waals surface area contributed by atoms with Crippen molar-refractivity contribution < 1.29 is 9.53 Å². The fourth-order valence-electron chi connectivity index (χ4n) is 4.04. The standard InChI is InChI=1S/C26H24N6O2/c1-17-29-30-25-24(28-26(33)31(2)19-13-15-20(34-3)16-14-19)27-23(18-9-5-4-6-10-18)21-11-7-8-12-22(21)32(17)25/h4-16,24H,1-3H3,(H,28,33). The van der Waals surface area contributed by atoms with Crippen LogP contribution in [0.4, 0.5) is 10.5 Å². The summed E-state index contributed by atoms with van der Waals surface area (Å²) in [6, 6.07) is 24.9. The van der Waals surface area contributed by atoms with Crippen molar-refractivity contribution >= 4 is 17.4 Å². The lowest BCUT2D eigenvalue weighted by Gasteiger charge is -2.21. The van der Waals surface area contributed by atoms with Gasteiger partial charge >= 0.3 is 6.03 Å². The molecule has 1 unspecified atom stereocenters. The lowest BCUT2D eigenvalue weighted by atomic mass is 10.0. The summed E-state index contributed by atoms with van der Waals surface area (Å²) in [4.78, 5) is 19.8. The minimum Gasteiger partial charge on any atom is -0.497 e. The Morgan fingerprint density at radius 3 is 2.41 bits per heavy atom. The molecule has 1 atom stereocenters. The summed E-state index contributed by atoms with van der Waals surface area (Å²) in [5, 5.41) is 11.7. The summed E-state index contributed by atoms with van der Waals surface area (Å²) in [5.41, 5.74) is 4.31. The maximum Gasteiger partial charge on any atom is 0.323 e. The first-order valence-corrected chi connectivity index (χ1v) is 10.9. The van der Waals surface area contributed by atoms with Crippen LogP contribution < -0.4 is 15.0 Å². The number of carbonyl (C=O) groups is 1. The quantitative estimate of drug-likeness (QED) is 0.501. The topological polar surface area (TPSA) is 84.6 Å². The Labute approximate surface area is 197 Å². The minimum atomic E-state index is -0.739. The van der Waals surface area contributed by atoms with E-state index >= 15 is 0 Å². The highest BCUT2D eigenvalue weighted by molar-refractivity contribution is 6.15. The molecule has 0 fully saturated rings. The Kier molecular flexibility index (Phi) is 5.55. The number of nitrogens with zero attached hydrogens (tertiary/aromatic N) is 5. The molecule has 170 valence electrons. The minimum absolute atomic E-state index is 0.315. The van der Waals surface area contributed by atoms with Gasteiger partial charge < -0.3 is 10.1 Å². The highest BCUT2D eigenvalue weighted by Crippen LogP contribution is 2.30. The molecule has 3 aromatic carbocycles. The Hall–Kier alpha value is -4.46. The van der Waals surface area contributed by atoms with Crippen molar-refractivity contribution in [3.8, 4) is 11.4 Å². The second kappa shape index (κ2) is 8.82. The van der Waals surface area contributed by atoms with Crippen molar-refractivity contribution in [3.63, 3.8) is 0 Å². The maximum absolute atomic E-state index is 13.3. The number of rotatable bonds is 4. The number of ether oxygens (including phenoxy) is 1. The average Bonchev–Trinajstić information content (AvgIpc) is 3.21. The number of aromatic nitrogens is 3. The van der Waals surface area contributed by atoms with E-state index in [1.54, 1.807) is 14.2 Å². The van der Waals surface area contributed by atoms with E-state index in [0.29, 0.717) is 5.82 Å². The van der Waals surface area contributed by atoms with Gasteiger partial charge in [0.1, 0.15) is 11.6 Å². The third kappa shape index (κ3) is 3.79. The first-order chi connectivity index (χ1) is 16.6. The van der Waals surface area contributed by atoms with Crippen molar-refractivity contribution in [2.75, 3.05) is 19.1 Å². The van der Waals surface area contributed by atoms with Gasteiger partial charge in [0.15, 0.2) is 12.0 Å². The zero-order valence-electron chi connectivity index (χ0n) is 19.1. The van der Waals surface area contributed by atoms with Crippen molar-refractivity contribution in [1.82, 2.24) is 20.1 Å². The molecule has 34 heavy (non-hydrogen) atoms. The van der Waals surface area contributed by atoms with E-state index < -0.39 is 6.17 Å². The molecule has 0 saturated heterocycles. The monoisotopic (exact) mass is 452 g/mol. The summed E-state index contributed by atoms with van der Waals surface area (Å²) in [5.74, 6) is 1.99. The zero-order chi connectivity index (χ0) is 23.7. The molecule has 0 spiro atoms. The van der Waals surface area contributed by atoms with E-state index in [1.807, 2.05) is 90.4 Å². The number of nitrogens with one attached hydrogen (secondary N) is 1. The Bertz CT molecular complexity index is 1360. The number of carbonyl (C=O) groups excluding carboxylic acids is 1. The van der Waals surface area contributed by atoms with Gasteiger partial charge in [-0.25, -0.2) is 4.79 Å². The van der Waals surface area contributed by atoms with Gasteiger partial charge in [0, 0.05) is 23.9 Å². The Morgan fingerprint density at radius 2 is 1.68 bits per heavy atom. The van der Waals surface area contributed by atoms with Crippen LogP contribution in [0, 0.1) is 6.92 Å². The molecule has 8 heteroatoms. The lowest BCUT2D eigenvalue weighted by molar-refractivity contribution is 0.243. The molecule has 1 N–H and O–H groups in total. The van der Waals surface area contributed by atoms with Crippen molar-refractivity contribution in [3.05, 3.63) is 102 Å². The SMILES string of the molecule is COc1ccc(N(C)C(=O)NC2N=C(c3ccccc3)c3ccccc3-n3c(C)nnc32)cc1. The molecule has 4 aromatic rings. The second-order valence-electron chi connectivity index (χ2n) is 7.91. The molecule has 2 amide bonds. The summed E-state index contributed by atoms with van der Waals surface area (Å²) in [7, 11) is 3.32. The van der Waals surface area contributed by atoms with Gasteiger partial charge in [-0.3, -0.25) is 14.5 Å². The van der Waals surface area contributed by atoms with Crippen LogP contribution in [0.25, 0.3) is 5.69 Å². The summed E-state index contributed by atoms with van der Waals surface area (Å²) in [6.07, 6.45) is -0.739. The van der Waals surface area contributed by atoms with E-state index in [2.05, 4.69) is 15.5 Å². The van der Waals surface area contributed by atoms with Crippen molar-refractivity contribution in [2.45, 2.75) is 13.1 Å². The molecule has 0 saturated carbocycles. The van der Waals surface area contributed by atoms with Gasteiger partial charge in [-0.2, -0.15) is 0 Å². The fraction of sp³-hybridized carbons (Fsp3) is 0.154. The van der Waals surface area contributed by atoms with E-state index in [0.717, 1.165) is 39.8 Å². The lowest BCUT2D eigenvalue weighted by Crippen LogP contribution is -2.39. The van der Waals surface area contributed by atoms with E-state index in [4.69, 9.17) is 9.73 Å². The van der Waals surface area contributed by atoms with Crippen LogP contribution in [0.15, 0.2) is 83.9 Å². The van der Waals surface area contributed by atoms with Crippen LogP contribution in [0.2, 0.25) is 0 Å². The van der Waals surface area contributed by atoms with Crippen LogP contribution in [0.3, 0.4) is 0 Å². The number of hydrogen-bond donors (Lipinski definition) is 1. The van der Waals surface area contributed by atoms with Crippen molar-refractivity contribution in [1.29, 1.82) is 0 Å². The number of hydrogen-bond acceptors (Lipinski definition) is 5. The number of urea groups is 1. The Balaban J connectivity index is 1.57.